The van der Waals surface area contributed by atoms with Gasteiger partial charge >= 0.3 is 6.18 Å². The molecule has 3 rings (SSSR count). The van der Waals surface area contributed by atoms with Crippen LogP contribution in [-0.2, 0) is 22.3 Å². The molecule has 0 unspecified atom stereocenters. The van der Waals surface area contributed by atoms with Gasteiger partial charge in [0.05, 0.1) is 18.2 Å². The Morgan fingerprint density at radius 1 is 1.21 bits per heavy atom. The minimum absolute atomic E-state index is 0.0250. The van der Waals surface area contributed by atoms with Crippen LogP contribution in [0.15, 0.2) is 24.3 Å². The van der Waals surface area contributed by atoms with E-state index in [0.29, 0.717) is 32.2 Å². The minimum atomic E-state index is -4.38. The lowest BCUT2D eigenvalue weighted by Crippen LogP contribution is -2.51. The Labute approximate surface area is 194 Å². The number of carbonyl (C=O) groups excluding carboxylic acids is 1. The molecule has 0 radical (unpaired) electrons. The van der Waals surface area contributed by atoms with E-state index in [0.717, 1.165) is 45.0 Å². The van der Waals surface area contributed by atoms with Gasteiger partial charge in [0.1, 0.15) is 0 Å². The maximum absolute atomic E-state index is 13.4. The van der Waals surface area contributed by atoms with E-state index in [2.05, 4.69) is 27.4 Å². The number of amides is 1. The second-order valence-electron chi connectivity index (χ2n) is 9.04. The Balaban J connectivity index is 1.65. The number of hydrogen-bond donors (Lipinski definition) is 2. The Hall–Kier alpha value is -1.68. The number of hydrogen-bond acceptors (Lipinski definition) is 5. The lowest BCUT2D eigenvalue weighted by Gasteiger charge is -2.39. The summed E-state index contributed by atoms with van der Waals surface area (Å²) in [4.78, 5) is 17.7. The molecule has 33 heavy (non-hydrogen) atoms. The number of nitrogens with zero attached hydrogens (tertiary/aromatic N) is 2. The third-order valence-electron chi connectivity index (χ3n) is 6.72. The summed E-state index contributed by atoms with van der Waals surface area (Å²) in [6.45, 7) is 7.00. The highest BCUT2D eigenvalue weighted by Gasteiger charge is 2.41. The number of carbonyl (C=O) groups is 1. The van der Waals surface area contributed by atoms with E-state index in [9.17, 15) is 18.0 Å². The van der Waals surface area contributed by atoms with Crippen LogP contribution in [0.1, 0.15) is 43.7 Å². The molecule has 0 aromatic heterocycles. The zero-order valence-electron chi connectivity index (χ0n) is 19.7. The summed E-state index contributed by atoms with van der Waals surface area (Å²) in [6, 6.07) is 5.66. The topological polar surface area (TPSA) is 56.8 Å². The molecule has 0 aliphatic carbocycles. The van der Waals surface area contributed by atoms with Gasteiger partial charge in [0, 0.05) is 38.8 Å². The maximum Gasteiger partial charge on any atom is 0.416 e. The summed E-state index contributed by atoms with van der Waals surface area (Å²) in [6.07, 6.45) is -0.653. The zero-order valence-corrected chi connectivity index (χ0v) is 19.7. The summed E-state index contributed by atoms with van der Waals surface area (Å²) in [7, 11) is 1.59. The van der Waals surface area contributed by atoms with Crippen molar-refractivity contribution in [3.8, 4) is 0 Å². The predicted octanol–water partition coefficient (Wildman–Crippen LogP) is 2.87. The molecular weight excluding hydrogens is 433 g/mol. The molecule has 1 aromatic rings. The van der Waals surface area contributed by atoms with E-state index in [1.807, 2.05) is 0 Å². The number of piperidine rings is 1. The first kappa shape index (κ1) is 25.9. The molecule has 0 spiro atoms. The lowest BCUT2D eigenvalue weighted by molar-refractivity contribution is -0.138. The molecule has 2 aliphatic rings. The normalized spacial score (nSPS) is 23.2. The molecular formula is C24H37F3N4O2. The van der Waals surface area contributed by atoms with Gasteiger partial charge in [-0.3, -0.25) is 9.69 Å². The van der Waals surface area contributed by atoms with Crippen molar-refractivity contribution in [1.29, 1.82) is 0 Å². The molecule has 2 atom stereocenters. The second-order valence-corrected chi connectivity index (χ2v) is 9.04. The van der Waals surface area contributed by atoms with E-state index in [1.54, 1.807) is 13.2 Å². The van der Waals surface area contributed by atoms with E-state index in [4.69, 9.17) is 4.74 Å². The second kappa shape index (κ2) is 12.1. The van der Waals surface area contributed by atoms with E-state index >= 15 is 0 Å². The molecule has 0 saturated carbocycles. The van der Waals surface area contributed by atoms with Crippen molar-refractivity contribution >= 4 is 5.91 Å². The van der Waals surface area contributed by atoms with Gasteiger partial charge in [-0.15, -0.1) is 0 Å². The molecule has 2 N–H and O–H groups in total. The number of methoxy groups -OCH3 is 1. The highest BCUT2D eigenvalue weighted by atomic mass is 19.4. The van der Waals surface area contributed by atoms with Gasteiger partial charge < -0.3 is 20.3 Å². The van der Waals surface area contributed by atoms with Crippen LogP contribution in [0.25, 0.3) is 0 Å². The Morgan fingerprint density at radius 3 is 2.61 bits per heavy atom. The molecule has 9 heteroatoms. The van der Waals surface area contributed by atoms with Crippen LogP contribution >= 0.6 is 0 Å². The van der Waals surface area contributed by atoms with E-state index in [1.165, 1.54) is 12.1 Å². The van der Waals surface area contributed by atoms with Gasteiger partial charge in [-0.05, 0) is 56.9 Å². The van der Waals surface area contributed by atoms with Gasteiger partial charge in [0.15, 0.2) is 0 Å². The first-order chi connectivity index (χ1) is 15.8. The van der Waals surface area contributed by atoms with E-state index in [-0.39, 0.29) is 30.1 Å². The van der Waals surface area contributed by atoms with Crippen molar-refractivity contribution in [3.05, 3.63) is 35.4 Å². The molecule has 186 valence electrons. The first-order valence-electron chi connectivity index (χ1n) is 12.0. The van der Waals surface area contributed by atoms with Crippen molar-refractivity contribution in [2.45, 2.75) is 63.5 Å². The summed E-state index contributed by atoms with van der Waals surface area (Å²) in [5.41, 5.74) is -0.373. The molecule has 1 aromatic carbocycles. The number of rotatable bonds is 10. The third-order valence-corrected chi connectivity index (χ3v) is 6.72. The summed E-state index contributed by atoms with van der Waals surface area (Å²) >= 11 is 0. The van der Waals surface area contributed by atoms with Gasteiger partial charge in [-0.25, -0.2) is 0 Å². The SMILES string of the molecule is CCCN1CCC(N2C[C@@H](NCc3ccccc3C(F)(F)F)C[C@H]2C(=O)NCCOC)CC1. The number of alkyl halides is 3. The average molecular weight is 471 g/mol. The number of benzene rings is 1. The standard InChI is InChI=1S/C24H37F3N4O2/c1-3-11-30-12-8-20(9-13-30)31-17-19(15-22(31)23(32)28-10-14-33-2)29-16-18-6-4-5-7-21(18)24(25,26)27/h4-7,19-20,22,29H,3,8-17H2,1-2H3,(H,28,32)/t19-,22-/m0/s1. The average Bonchev–Trinajstić information content (AvgIpc) is 3.22. The van der Waals surface area contributed by atoms with Gasteiger partial charge in [0.2, 0.25) is 5.91 Å². The van der Waals surface area contributed by atoms with Crippen molar-refractivity contribution in [3.63, 3.8) is 0 Å². The van der Waals surface area contributed by atoms with Crippen molar-refractivity contribution in [2.75, 3.05) is 46.4 Å². The van der Waals surface area contributed by atoms with Crippen LogP contribution in [-0.4, -0.2) is 80.3 Å². The highest BCUT2D eigenvalue weighted by Crippen LogP contribution is 2.32. The van der Waals surface area contributed by atoms with Crippen LogP contribution in [0.5, 0.6) is 0 Å². The maximum atomic E-state index is 13.4. The quantitative estimate of drug-likeness (QED) is 0.515. The summed E-state index contributed by atoms with van der Waals surface area (Å²) < 4.78 is 45.1. The largest absolute Gasteiger partial charge is 0.416 e. The molecule has 0 bridgehead atoms. The molecule has 2 fully saturated rings. The number of likely N-dealkylation sites (tertiary alicyclic amines) is 2. The van der Waals surface area contributed by atoms with Gasteiger partial charge in [-0.2, -0.15) is 13.2 Å². The molecule has 2 aliphatic heterocycles. The Bertz CT molecular complexity index is 753. The fourth-order valence-electron chi connectivity index (χ4n) is 5.06. The number of nitrogens with one attached hydrogen (secondary N) is 2. The fraction of sp³-hybridized carbons (Fsp3) is 0.708. The predicted molar refractivity (Wildman–Crippen MR) is 122 cm³/mol. The summed E-state index contributed by atoms with van der Waals surface area (Å²) in [5, 5.41) is 6.26. The fourth-order valence-corrected chi connectivity index (χ4v) is 5.06. The number of ether oxygens (including phenoxy) is 1. The third kappa shape index (κ3) is 7.15. The van der Waals surface area contributed by atoms with Crippen LogP contribution in [0.4, 0.5) is 13.2 Å². The van der Waals surface area contributed by atoms with Crippen molar-refractivity contribution < 1.29 is 22.7 Å². The van der Waals surface area contributed by atoms with Gasteiger partial charge in [0.25, 0.3) is 0 Å². The van der Waals surface area contributed by atoms with Crippen LogP contribution in [0, 0.1) is 0 Å². The smallest absolute Gasteiger partial charge is 0.383 e. The molecule has 1 amide bonds. The van der Waals surface area contributed by atoms with Gasteiger partial charge in [-0.1, -0.05) is 25.1 Å². The van der Waals surface area contributed by atoms with Crippen LogP contribution in [0.2, 0.25) is 0 Å². The Morgan fingerprint density at radius 2 is 1.94 bits per heavy atom. The molecule has 6 nitrogen and oxygen atoms in total. The van der Waals surface area contributed by atoms with Crippen molar-refractivity contribution in [1.82, 2.24) is 20.4 Å². The summed E-state index contributed by atoms with van der Waals surface area (Å²) in [5.74, 6) is -0.0250. The Kier molecular flexibility index (Phi) is 9.55. The first-order valence-corrected chi connectivity index (χ1v) is 12.0. The van der Waals surface area contributed by atoms with Crippen LogP contribution < -0.4 is 10.6 Å². The van der Waals surface area contributed by atoms with E-state index < -0.39 is 11.7 Å². The monoisotopic (exact) mass is 470 g/mol. The highest BCUT2D eigenvalue weighted by molar-refractivity contribution is 5.82. The minimum Gasteiger partial charge on any atom is -0.383 e. The van der Waals surface area contributed by atoms with Crippen molar-refractivity contribution in [2.24, 2.45) is 0 Å². The van der Waals surface area contributed by atoms with Crippen LogP contribution in [0.3, 0.4) is 0 Å². The number of halogens is 3. The zero-order chi connectivity index (χ0) is 23.8. The molecule has 2 saturated heterocycles. The lowest BCUT2D eigenvalue weighted by atomic mass is 10.0. The molecule has 2 heterocycles.